The van der Waals surface area contributed by atoms with Gasteiger partial charge in [0.1, 0.15) is 18.0 Å². The van der Waals surface area contributed by atoms with E-state index in [1.165, 1.54) is 0 Å². The number of amides is 1. The average molecular weight is 402 g/mol. The van der Waals surface area contributed by atoms with Gasteiger partial charge in [-0.3, -0.25) is 4.90 Å². The number of carbonyl (C=O) groups excluding carboxylic acids is 1. The van der Waals surface area contributed by atoms with Crippen molar-refractivity contribution in [2.75, 3.05) is 6.54 Å². The van der Waals surface area contributed by atoms with Crippen molar-refractivity contribution in [3.63, 3.8) is 0 Å². The Bertz CT molecular complexity index is 774. The van der Waals surface area contributed by atoms with Crippen LogP contribution in [0.2, 0.25) is 0 Å². The van der Waals surface area contributed by atoms with Gasteiger partial charge in [0.2, 0.25) is 0 Å². The molecule has 0 N–H and O–H groups in total. The molecule has 1 amide bonds. The Morgan fingerprint density at radius 2 is 2.00 bits per heavy atom. The van der Waals surface area contributed by atoms with E-state index in [0.717, 1.165) is 40.6 Å². The van der Waals surface area contributed by atoms with Crippen LogP contribution in [0.4, 0.5) is 4.79 Å². The summed E-state index contributed by atoms with van der Waals surface area (Å²) < 4.78 is 12.8. The Kier molecular flexibility index (Phi) is 4.42. The van der Waals surface area contributed by atoms with Crippen molar-refractivity contribution in [3.8, 4) is 5.75 Å². The van der Waals surface area contributed by atoms with Gasteiger partial charge in [0, 0.05) is 10.0 Å². The van der Waals surface area contributed by atoms with Crippen LogP contribution in [0.1, 0.15) is 30.4 Å². The second-order valence-electron chi connectivity index (χ2n) is 6.79. The van der Waals surface area contributed by atoms with Crippen LogP contribution in [-0.2, 0) is 17.9 Å². The highest BCUT2D eigenvalue weighted by Gasteiger charge is 2.44. The van der Waals surface area contributed by atoms with Gasteiger partial charge in [-0.15, -0.1) is 0 Å². The van der Waals surface area contributed by atoms with E-state index in [1.807, 2.05) is 48.5 Å². The molecule has 4 rings (SSSR count). The summed E-state index contributed by atoms with van der Waals surface area (Å²) in [7, 11) is 0. The maximum Gasteiger partial charge on any atom is 0.410 e. The molecule has 0 unspecified atom stereocenters. The Morgan fingerprint density at radius 1 is 1.20 bits per heavy atom. The molecule has 0 saturated heterocycles. The van der Waals surface area contributed by atoms with Crippen LogP contribution in [0.5, 0.6) is 5.75 Å². The summed E-state index contributed by atoms with van der Waals surface area (Å²) in [5.41, 5.74) is 1.74. The molecule has 1 aliphatic heterocycles. The van der Waals surface area contributed by atoms with E-state index in [0.29, 0.717) is 13.1 Å². The number of ether oxygens (including phenoxy) is 2. The molecule has 1 aliphatic carbocycles. The van der Waals surface area contributed by atoms with Gasteiger partial charge in [-0.1, -0.05) is 46.3 Å². The summed E-state index contributed by atoms with van der Waals surface area (Å²) >= 11 is 3.50. The summed E-state index contributed by atoms with van der Waals surface area (Å²) in [5.74, 6) is 0.876. The van der Waals surface area contributed by atoms with Crippen molar-refractivity contribution in [2.45, 2.75) is 38.0 Å². The van der Waals surface area contributed by atoms with Crippen molar-refractivity contribution in [3.05, 3.63) is 64.1 Å². The third-order valence-electron chi connectivity index (χ3n) is 4.92. The lowest BCUT2D eigenvalue weighted by Crippen LogP contribution is -2.52. The monoisotopic (exact) mass is 401 g/mol. The molecule has 2 aromatic carbocycles. The number of halogens is 1. The highest BCUT2D eigenvalue weighted by atomic mass is 79.9. The molecular formula is C20H20BrNO3. The van der Waals surface area contributed by atoms with Gasteiger partial charge in [-0.25, -0.2) is 4.79 Å². The normalized spacial score (nSPS) is 17.9. The lowest BCUT2D eigenvalue weighted by atomic mass is 9.79. The molecule has 0 bridgehead atoms. The van der Waals surface area contributed by atoms with Gasteiger partial charge in [0.05, 0.1) is 13.1 Å². The Labute approximate surface area is 155 Å². The average Bonchev–Trinajstić information content (AvgIpc) is 2.77. The van der Waals surface area contributed by atoms with Crippen LogP contribution in [-0.4, -0.2) is 23.1 Å². The molecular weight excluding hydrogens is 382 g/mol. The Balaban J connectivity index is 1.52. The van der Waals surface area contributed by atoms with Crippen LogP contribution >= 0.6 is 15.9 Å². The van der Waals surface area contributed by atoms with Crippen molar-refractivity contribution in [1.29, 1.82) is 0 Å². The minimum absolute atomic E-state index is 0.259. The van der Waals surface area contributed by atoms with Crippen LogP contribution < -0.4 is 4.74 Å². The quantitative estimate of drug-likeness (QED) is 0.717. The van der Waals surface area contributed by atoms with E-state index < -0.39 is 0 Å². The fourth-order valence-electron chi connectivity index (χ4n) is 3.42. The fourth-order valence-corrected chi connectivity index (χ4v) is 3.83. The van der Waals surface area contributed by atoms with Crippen LogP contribution in [0.3, 0.4) is 0 Å². The minimum Gasteiger partial charge on any atom is -0.485 e. The van der Waals surface area contributed by atoms with E-state index in [2.05, 4.69) is 15.9 Å². The standard InChI is InChI=1S/C20H20BrNO3/c21-17-7-8-18-16(11-17)12-22(14-20(25-18)9-4-10-20)19(23)24-13-15-5-2-1-3-6-15/h1-3,5-8,11H,4,9-10,12-14H2. The third kappa shape index (κ3) is 3.52. The number of rotatable bonds is 2. The summed E-state index contributed by atoms with van der Waals surface area (Å²) in [6.45, 7) is 1.37. The molecule has 1 saturated carbocycles. The molecule has 4 nitrogen and oxygen atoms in total. The topological polar surface area (TPSA) is 38.8 Å². The summed E-state index contributed by atoms with van der Waals surface area (Å²) in [5, 5.41) is 0. The maximum atomic E-state index is 12.7. The lowest BCUT2D eigenvalue weighted by Gasteiger charge is -2.42. The SMILES string of the molecule is O=C(OCc1ccccc1)N1Cc2cc(Br)ccc2OC2(CCC2)C1. The van der Waals surface area contributed by atoms with Crippen molar-refractivity contribution in [2.24, 2.45) is 0 Å². The number of carbonyl (C=O) groups is 1. The van der Waals surface area contributed by atoms with Crippen molar-refractivity contribution < 1.29 is 14.3 Å². The molecule has 0 aromatic heterocycles. The molecule has 1 spiro atoms. The van der Waals surface area contributed by atoms with E-state index in [9.17, 15) is 4.79 Å². The largest absolute Gasteiger partial charge is 0.485 e. The van der Waals surface area contributed by atoms with Crippen molar-refractivity contribution >= 4 is 22.0 Å². The first-order valence-corrected chi connectivity index (χ1v) is 9.36. The second-order valence-corrected chi connectivity index (χ2v) is 7.70. The number of fused-ring (bicyclic) bond motifs is 1. The molecule has 5 heteroatoms. The van der Waals surface area contributed by atoms with Gasteiger partial charge >= 0.3 is 6.09 Å². The highest BCUT2D eigenvalue weighted by Crippen LogP contribution is 2.41. The summed E-state index contributed by atoms with van der Waals surface area (Å²) in [4.78, 5) is 14.5. The zero-order valence-corrected chi connectivity index (χ0v) is 15.5. The summed E-state index contributed by atoms with van der Waals surface area (Å²) in [6.07, 6.45) is 2.81. The molecule has 1 fully saturated rings. The second kappa shape index (κ2) is 6.71. The first-order valence-electron chi connectivity index (χ1n) is 8.57. The van der Waals surface area contributed by atoms with E-state index in [1.54, 1.807) is 4.90 Å². The van der Waals surface area contributed by atoms with E-state index in [4.69, 9.17) is 9.47 Å². The van der Waals surface area contributed by atoms with Gasteiger partial charge in [0.25, 0.3) is 0 Å². The molecule has 0 atom stereocenters. The molecule has 0 radical (unpaired) electrons. The highest BCUT2D eigenvalue weighted by molar-refractivity contribution is 9.10. The zero-order chi connectivity index (χ0) is 17.3. The molecule has 2 aliphatic rings. The predicted octanol–water partition coefficient (Wildman–Crippen LogP) is 4.90. The summed E-state index contributed by atoms with van der Waals surface area (Å²) in [6, 6.07) is 15.7. The van der Waals surface area contributed by atoms with Crippen LogP contribution in [0.25, 0.3) is 0 Å². The Hall–Kier alpha value is -2.01. The molecule has 1 heterocycles. The first-order chi connectivity index (χ1) is 12.1. The van der Waals surface area contributed by atoms with E-state index >= 15 is 0 Å². The predicted molar refractivity (Wildman–Crippen MR) is 98.4 cm³/mol. The number of nitrogens with zero attached hydrogens (tertiary/aromatic N) is 1. The number of benzene rings is 2. The number of hydrogen-bond acceptors (Lipinski definition) is 3. The first kappa shape index (κ1) is 16.5. The molecule has 2 aromatic rings. The minimum atomic E-state index is -0.286. The smallest absolute Gasteiger partial charge is 0.410 e. The fraction of sp³-hybridized carbons (Fsp3) is 0.350. The third-order valence-corrected chi connectivity index (χ3v) is 5.41. The van der Waals surface area contributed by atoms with E-state index in [-0.39, 0.29) is 18.3 Å². The van der Waals surface area contributed by atoms with Crippen molar-refractivity contribution in [1.82, 2.24) is 4.90 Å². The maximum absolute atomic E-state index is 12.7. The number of hydrogen-bond donors (Lipinski definition) is 0. The zero-order valence-electron chi connectivity index (χ0n) is 13.9. The van der Waals surface area contributed by atoms with Crippen LogP contribution in [0.15, 0.2) is 53.0 Å². The van der Waals surface area contributed by atoms with Gasteiger partial charge < -0.3 is 9.47 Å². The Morgan fingerprint density at radius 3 is 2.72 bits per heavy atom. The molecule has 25 heavy (non-hydrogen) atoms. The van der Waals surface area contributed by atoms with Gasteiger partial charge in [-0.05, 0) is 43.0 Å². The van der Waals surface area contributed by atoms with Crippen LogP contribution in [0, 0.1) is 0 Å². The van der Waals surface area contributed by atoms with Gasteiger partial charge in [-0.2, -0.15) is 0 Å². The lowest BCUT2D eigenvalue weighted by molar-refractivity contribution is -0.0286. The molecule has 130 valence electrons. The van der Waals surface area contributed by atoms with Gasteiger partial charge in [0.15, 0.2) is 0 Å².